The number of piperidine rings is 1. The fourth-order valence-electron chi connectivity index (χ4n) is 2.72. The van der Waals surface area contributed by atoms with E-state index in [9.17, 15) is 5.11 Å². The predicted octanol–water partition coefficient (Wildman–Crippen LogP) is 3.09. The first-order valence-electron chi connectivity index (χ1n) is 7.56. The Bertz CT molecular complexity index is 444. The number of β-amino-alcohol motifs (C(OH)–C–C–N with tert-alkyl or cyclic N) is 1. The van der Waals surface area contributed by atoms with E-state index >= 15 is 0 Å². The Labute approximate surface area is 141 Å². The second-order valence-corrected chi connectivity index (χ2v) is 6.53. The Morgan fingerprint density at radius 1 is 1.27 bits per heavy atom. The highest BCUT2D eigenvalue weighted by Crippen LogP contribution is 2.32. The van der Waals surface area contributed by atoms with E-state index in [0.717, 1.165) is 32.5 Å². The van der Waals surface area contributed by atoms with Crippen molar-refractivity contribution in [2.24, 2.45) is 5.92 Å². The van der Waals surface area contributed by atoms with Gasteiger partial charge >= 0.3 is 0 Å². The van der Waals surface area contributed by atoms with Crippen molar-refractivity contribution < 1.29 is 14.6 Å². The molecule has 1 aliphatic rings. The van der Waals surface area contributed by atoms with Crippen LogP contribution in [0, 0.1) is 5.92 Å². The minimum atomic E-state index is -0.564. The van der Waals surface area contributed by atoms with Gasteiger partial charge in [0.05, 0.1) is 10.0 Å². The number of hydrogen-bond acceptors (Lipinski definition) is 4. The van der Waals surface area contributed by atoms with Gasteiger partial charge in [-0.05, 0) is 44.0 Å². The summed E-state index contributed by atoms with van der Waals surface area (Å²) >= 11 is 12.1. The van der Waals surface area contributed by atoms with Crippen molar-refractivity contribution in [1.82, 2.24) is 4.90 Å². The normalized spacial score (nSPS) is 18.4. The molecule has 4 nitrogen and oxygen atoms in total. The molecule has 1 N–H and O–H groups in total. The number of halogens is 2. The molecule has 1 aromatic rings. The topological polar surface area (TPSA) is 41.9 Å². The van der Waals surface area contributed by atoms with Crippen LogP contribution in [0.15, 0.2) is 18.2 Å². The standard InChI is InChI=1S/C16H23Cl2NO3/c1-21-10-12-5-7-19(8-6-12)9-13(20)11-22-16-14(17)3-2-4-15(16)18/h2-4,12-13,20H,5-11H2,1H3. The minimum Gasteiger partial charge on any atom is -0.488 e. The molecule has 1 atom stereocenters. The molecule has 1 saturated heterocycles. The Hall–Kier alpha value is -0.520. The predicted molar refractivity (Wildman–Crippen MR) is 89.0 cm³/mol. The summed E-state index contributed by atoms with van der Waals surface area (Å²) in [5, 5.41) is 11.1. The maximum Gasteiger partial charge on any atom is 0.156 e. The average Bonchev–Trinajstić information content (AvgIpc) is 2.49. The zero-order chi connectivity index (χ0) is 15.9. The van der Waals surface area contributed by atoms with Crippen molar-refractivity contribution >= 4 is 23.2 Å². The number of para-hydroxylation sites is 1. The number of methoxy groups -OCH3 is 1. The molecule has 2 rings (SSSR count). The van der Waals surface area contributed by atoms with Crippen LogP contribution in [0.25, 0.3) is 0 Å². The van der Waals surface area contributed by atoms with Gasteiger partial charge in [-0.2, -0.15) is 0 Å². The lowest BCUT2D eigenvalue weighted by atomic mass is 9.97. The van der Waals surface area contributed by atoms with E-state index < -0.39 is 6.10 Å². The number of nitrogens with zero attached hydrogens (tertiary/aromatic N) is 1. The highest BCUT2D eigenvalue weighted by Gasteiger charge is 2.21. The molecule has 124 valence electrons. The first kappa shape index (κ1) is 17.8. The summed E-state index contributed by atoms with van der Waals surface area (Å²) in [5.41, 5.74) is 0. The SMILES string of the molecule is COCC1CCN(CC(O)COc2c(Cl)cccc2Cl)CC1. The molecular formula is C16H23Cl2NO3. The molecule has 0 radical (unpaired) electrons. The zero-order valence-electron chi connectivity index (χ0n) is 12.8. The third kappa shape index (κ3) is 5.28. The molecule has 0 aliphatic carbocycles. The number of hydrogen-bond donors (Lipinski definition) is 1. The van der Waals surface area contributed by atoms with Gasteiger partial charge < -0.3 is 19.5 Å². The van der Waals surface area contributed by atoms with Crippen LogP contribution < -0.4 is 4.74 Å². The molecular weight excluding hydrogens is 325 g/mol. The summed E-state index contributed by atoms with van der Waals surface area (Å²) in [6.07, 6.45) is 1.65. The lowest BCUT2D eigenvalue weighted by Crippen LogP contribution is -2.41. The van der Waals surface area contributed by atoms with Crippen molar-refractivity contribution in [2.75, 3.05) is 40.0 Å². The largest absolute Gasteiger partial charge is 0.488 e. The van der Waals surface area contributed by atoms with Crippen LogP contribution >= 0.6 is 23.2 Å². The second-order valence-electron chi connectivity index (χ2n) is 5.71. The molecule has 1 aliphatic heterocycles. The highest BCUT2D eigenvalue weighted by atomic mass is 35.5. The fraction of sp³-hybridized carbons (Fsp3) is 0.625. The molecule has 1 fully saturated rings. The molecule has 0 bridgehead atoms. The molecule has 0 saturated carbocycles. The van der Waals surface area contributed by atoms with E-state index in [2.05, 4.69) is 4.90 Å². The van der Waals surface area contributed by atoms with Gasteiger partial charge in [-0.25, -0.2) is 0 Å². The number of benzene rings is 1. The van der Waals surface area contributed by atoms with Crippen LogP contribution in [0.1, 0.15) is 12.8 Å². The summed E-state index contributed by atoms with van der Waals surface area (Å²) < 4.78 is 10.8. The summed E-state index contributed by atoms with van der Waals surface area (Å²) in [6, 6.07) is 5.20. The van der Waals surface area contributed by atoms with Gasteiger partial charge in [0.1, 0.15) is 12.7 Å². The van der Waals surface area contributed by atoms with Crippen LogP contribution in [-0.2, 0) is 4.74 Å². The van der Waals surface area contributed by atoms with Crippen LogP contribution in [0.2, 0.25) is 10.0 Å². The third-order valence-corrected chi connectivity index (χ3v) is 4.51. The summed E-state index contributed by atoms with van der Waals surface area (Å²) in [7, 11) is 1.74. The lowest BCUT2D eigenvalue weighted by molar-refractivity contribution is 0.0440. The van der Waals surface area contributed by atoms with E-state index in [1.165, 1.54) is 0 Å². The molecule has 0 amide bonds. The lowest BCUT2D eigenvalue weighted by Gasteiger charge is -2.32. The van der Waals surface area contributed by atoms with Gasteiger partial charge in [-0.3, -0.25) is 0 Å². The Balaban J connectivity index is 1.73. The van der Waals surface area contributed by atoms with Crippen molar-refractivity contribution in [3.8, 4) is 5.75 Å². The molecule has 22 heavy (non-hydrogen) atoms. The third-order valence-electron chi connectivity index (χ3n) is 3.92. The maximum absolute atomic E-state index is 10.1. The molecule has 1 heterocycles. The zero-order valence-corrected chi connectivity index (χ0v) is 14.3. The first-order valence-corrected chi connectivity index (χ1v) is 8.32. The van der Waals surface area contributed by atoms with Crippen LogP contribution in [0.3, 0.4) is 0 Å². The summed E-state index contributed by atoms with van der Waals surface area (Å²) in [5.74, 6) is 1.07. The first-order chi connectivity index (χ1) is 10.6. The summed E-state index contributed by atoms with van der Waals surface area (Å²) in [4.78, 5) is 2.26. The van der Waals surface area contributed by atoms with Gasteiger partial charge in [-0.1, -0.05) is 29.3 Å². The number of aliphatic hydroxyl groups excluding tert-OH is 1. The molecule has 0 aromatic heterocycles. The number of aliphatic hydroxyl groups is 1. The number of likely N-dealkylation sites (tertiary alicyclic amines) is 1. The van der Waals surface area contributed by atoms with E-state index in [0.29, 0.717) is 28.3 Å². The van der Waals surface area contributed by atoms with E-state index in [1.807, 2.05) is 0 Å². The Kier molecular flexibility index (Phi) is 7.25. The second kappa shape index (κ2) is 8.94. The van der Waals surface area contributed by atoms with Crippen LogP contribution in [0.4, 0.5) is 0 Å². The van der Waals surface area contributed by atoms with E-state index in [1.54, 1.807) is 25.3 Å². The Morgan fingerprint density at radius 2 is 1.91 bits per heavy atom. The smallest absolute Gasteiger partial charge is 0.156 e. The number of rotatable bonds is 7. The van der Waals surface area contributed by atoms with Crippen molar-refractivity contribution in [1.29, 1.82) is 0 Å². The molecule has 6 heteroatoms. The van der Waals surface area contributed by atoms with Crippen molar-refractivity contribution in [3.63, 3.8) is 0 Å². The highest BCUT2D eigenvalue weighted by molar-refractivity contribution is 6.37. The van der Waals surface area contributed by atoms with Gasteiger partial charge in [0.25, 0.3) is 0 Å². The van der Waals surface area contributed by atoms with E-state index in [4.69, 9.17) is 32.7 Å². The Morgan fingerprint density at radius 3 is 2.50 bits per heavy atom. The fourth-order valence-corrected chi connectivity index (χ4v) is 3.23. The number of ether oxygens (including phenoxy) is 2. The van der Waals surface area contributed by atoms with Gasteiger partial charge in [0.15, 0.2) is 5.75 Å². The average molecular weight is 348 g/mol. The minimum absolute atomic E-state index is 0.182. The van der Waals surface area contributed by atoms with Gasteiger partial charge in [0, 0.05) is 20.3 Å². The quantitative estimate of drug-likeness (QED) is 0.822. The molecule has 1 aromatic carbocycles. The molecule has 1 unspecified atom stereocenters. The summed E-state index contributed by atoms with van der Waals surface area (Å²) in [6.45, 7) is 3.57. The van der Waals surface area contributed by atoms with Gasteiger partial charge in [0.2, 0.25) is 0 Å². The van der Waals surface area contributed by atoms with E-state index in [-0.39, 0.29) is 6.61 Å². The molecule has 0 spiro atoms. The van der Waals surface area contributed by atoms with Crippen molar-refractivity contribution in [3.05, 3.63) is 28.2 Å². The maximum atomic E-state index is 10.1. The van der Waals surface area contributed by atoms with Gasteiger partial charge in [-0.15, -0.1) is 0 Å². The van der Waals surface area contributed by atoms with Crippen LogP contribution in [0.5, 0.6) is 5.75 Å². The van der Waals surface area contributed by atoms with Crippen LogP contribution in [-0.4, -0.2) is 56.1 Å². The van der Waals surface area contributed by atoms with Crippen molar-refractivity contribution in [2.45, 2.75) is 18.9 Å². The monoisotopic (exact) mass is 347 g/mol.